The third-order valence-corrected chi connectivity index (χ3v) is 10.2. The molecule has 4 aromatic rings. The topological polar surface area (TPSA) is 296 Å². The second kappa shape index (κ2) is 12.7. The van der Waals surface area contributed by atoms with E-state index in [9.17, 15) is 48.5 Å². The van der Waals surface area contributed by atoms with Crippen LogP contribution >= 0.6 is 11.6 Å². The highest BCUT2D eigenvalue weighted by atomic mass is 35.5. The van der Waals surface area contributed by atoms with E-state index in [1.54, 1.807) is 0 Å². The van der Waals surface area contributed by atoms with Crippen LogP contribution in [0.25, 0.3) is 0 Å². The maximum atomic E-state index is 13.6. The van der Waals surface area contributed by atoms with Gasteiger partial charge in [-0.1, -0.05) is 41.9 Å². The molecule has 1 aliphatic heterocycles. The van der Waals surface area contributed by atoms with Gasteiger partial charge in [-0.3, -0.25) is 28.6 Å². The van der Waals surface area contributed by atoms with Gasteiger partial charge in [-0.15, -0.1) is 0 Å². The number of fused-ring (bicyclic) bond motifs is 2. The average molecular weight is 776 g/mol. The van der Waals surface area contributed by atoms with E-state index in [0.29, 0.717) is 0 Å². The third-order valence-electron chi connectivity index (χ3n) is 7.35. The van der Waals surface area contributed by atoms with Crippen LogP contribution in [0.3, 0.4) is 0 Å². The molecule has 0 amide bonds. The van der Waals surface area contributed by atoms with Crippen LogP contribution in [0.1, 0.15) is 31.8 Å². The molecule has 4 aromatic carbocycles. The van der Waals surface area contributed by atoms with Gasteiger partial charge in [-0.25, -0.2) is 9.98 Å². The number of guanidine groups is 2. The molecule has 1 heterocycles. The van der Waals surface area contributed by atoms with E-state index in [4.69, 9.17) is 17.3 Å². The van der Waals surface area contributed by atoms with Crippen molar-refractivity contribution in [3.8, 4) is 0 Å². The first kappa shape index (κ1) is 35.4. The minimum atomic E-state index is -5.05. The molecule has 9 N–H and O–H groups in total. The molecule has 0 aromatic heterocycles. The number of rotatable bonds is 7. The summed E-state index contributed by atoms with van der Waals surface area (Å²) in [5, 5.41) is 10.7. The number of benzene rings is 4. The van der Waals surface area contributed by atoms with Crippen LogP contribution in [-0.4, -0.2) is 68.0 Å². The number of ketones is 2. The smallest absolute Gasteiger partial charge is 0.296 e. The number of nitrogens with two attached hydrogens (primary N) is 1. The molecule has 264 valence electrons. The van der Waals surface area contributed by atoms with E-state index in [1.807, 2.05) is 0 Å². The first-order valence-corrected chi connectivity index (χ1v) is 18.8. The van der Waals surface area contributed by atoms with Crippen LogP contribution in [-0.2, 0) is 30.4 Å². The molecular weight excluding hydrogens is 754 g/mol. The van der Waals surface area contributed by atoms with Gasteiger partial charge in [-0.2, -0.15) is 25.3 Å². The van der Waals surface area contributed by atoms with E-state index in [-0.39, 0.29) is 51.4 Å². The zero-order valence-corrected chi connectivity index (χ0v) is 28.4. The summed E-state index contributed by atoms with van der Waals surface area (Å²) in [7, 11) is -14.6. The molecule has 2 aliphatic rings. The quantitative estimate of drug-likeness (QED) is 0.0510. The normalized spacial score (nSPS) is 17.6. The number of hydrogen-bond donors (Lipinski definition) is 8. The summed E-state index contributed by atoms with van der Waals surface area (Å²) < 4.78 is 102. The lowest BCUT2D eigenvalue weighted by Crippen LogP contribution is -2.60. The monoisotopic (exact) mass is 775 g/mol. The number of anilines is 3. The number of halogens is 1. The lowest BCUT2D eigenvalue weighted by Gasteiger charge is -2.26. The van der Waals surface area contributed by atoms with Crippen molar-refractivity contribution >= 4 is 93.9 Å². The maximum Gasteiger partial charge on any atom is 0.296 e. The average Bonchev–Trinajstić information content (AvgIpc) is 3.03. The molecule has 0 spiro atoms. The van der Waals surface area contributed by atoms with Gasteiger partial charge in [0.15, 0.2) is 17.2 Å². The summed E-state index contributed by atoms with van der Waals surface area (Å²) in [4.78, 5) is 33.3. The molecule has 1 aliphatic carbocycles. The van der Waals surface area contributed by atoms with Crippen molar-refractivity contribution < 1.29 is 48.5 Å². The predicted molar refractivity (Wildman–Crippen MR) is 183 cm³/mol. The summed E-state index contributed by atoms with van der Waals surface area (Å²) in [6.45, 7) is 0. The van der Waals surface area contributed by atoms with Crippen molar-refractivity contribution in [1.82, 2.24) is 16.0 Å². The summed E-state index contributed by atoms with van der Waals surface area (Å²) in [6, 6.07) is 14.7. The van der Waals surface area contributed by atoms with Gasteiger partial charge in [0.25, 0.3) is 30.4 Å². The predicted octanol–water partition coefficient (Wildman–Crippen LogP) is 2.51. The number of hydrogen-bond acceptors (Lipinski definition) is 12. The van der Waals surface area contributed by atoms with Crippen LogP contribution in [0.2, 0.25) is 0 Å². The Labute approximate surface area is 293 Å². The van der Waals surface area contributed by atoms with E-state index < -0.39 is 73.5 Å². The molecule has 1 saturated heterocycles. The number of carbonyl (C=O) groups is 2. The fraction of sp³-hybridized carbons (Fsp3) is 0.0345. The van der Waals surface area contributed by atoms with Crippen molar-refractivity contribution in [3.05, 3.63) is 95.1 Å². The summed E-state index contributed by atoms with van der Waals surface area (Å²) >= 11 is 6.20. The number of aliphatic imine (C=N–C) groups is 2. The summed E-state index contributed by atoms with van der Waals surface area (Å²) in [6.07, 6.45) is 0. The Morgan fingerprint density at radius 3 is 1.92 bits per heavy atom. The largest absolute Gasteiger partial charge is 0.397 e. The van der Waals surface area contributed by atoms with Crippen LogP contribution in [0.5, 0.6) is 0 Å². The van der Waals surface area contributed by atoms with Gasteiger partial charge in [0, 0.05) is 16.8 Å². The standard InChI is InChI=1S/C29H22ClN7O11S3/c30-27-35-28(33-13-4-3-5-15(10-13)49(40,41)42)37-29(36-27)34-18-9-8-14(11-20(18)50(43,44)45)32-19-12-21(51(46,47)48)24(31)23-22(19)25(38)16-6-1-2-7-17(16)26(23)39/h1-12,27,32H,31H2,(H,40,41,42)(H,43,44,45)(H,46,47,48)(H3,33,34,35,36,37). The van der Waals surface area contributed by atoms with Gasteiger partial charge in [0.05, 0.1) is 38.8 Å². The third kappa shape index (κ3) is 7.12. The first-order valence-electron chi connectivity index (χ1n) is 14.0. The molecule has 1 fully saturated rings. The lowest BCUT2D eigenvalue weighted by atomic mass is 9.82. The van der Waals surface area contributed by atoms with Crippen molar-refractivity contribution in [2.45, 2.75) is 20.3 Å². The van der Waals surface area contributed by atoms with Gasteiger partial charge in [0.1, 0.15) is 9.79 Å². The molecule has 22 heteroatoms. The van der Waals surface area contributed by atoms with Crippen molar-refractivity contribution in [2.75, 3.05) is 11.1 Å². The molecule has 0 bridgehead atoms. The SMILES string of the molecule is Nc1c(S(=O)(=O)O)cc(Nc2ccc(N=C3NC(=Nc4cccc(S(=O)(=O)O)c4)NC(Cl)N3)c(S(=O)(=O)O)c2)c2c1C(=O)c1ccccc1C2=O. The summed E-state index contributed by atoms with van der Waals surface area (Å²) in [5.41, 5.74) is 2.50. The minimum Gasteiger partial charge on any atom is -0.397 e. The van der Waals surface area contributed by atoms with E-state index in [0.717, 1.165) is 30.3 Å². The Balaban J connectivity index is 1.40. The van der Waals surface area contributed by atoms with E-state index in [1.165, 1.54) is 42.5 Å². The van der Waals surface area contributed by atoms with Crippen molar-refractivity contribution in [1.29, 1.82) is 0 Å². The molecule has 51 heavy (non-hydrogen) atoms. The highest BCUT2D eigenvalue weighted by Gasteiger charge is 2.36. The molecule has 0 saturated carbocycles. The lowest BCUT2D eigenvalue weighted by molar-refractivity contribution is 0.0980. The molecule has 6 rings (SSSR count). The number of nitrogen functional groups attached to an aromatic ring is 1. The molecule has 0 radical (unpaired) electrons. The number of alkyl halides is 1. The second-order valence-electron chi connectivity index (χ2n) is 10.7. The van der Waals surface area contributed by atoms with Gasteiger partial charge >= 0.3 is 0 Å². The number of carbonyl (C=O) groups excluding carboxylic acids is 2. The zero-order chi connectivity index (χ0) is 37.0. The highest BCUT2D eigenvalue weighted by molar-refractivity contribution is 7.86. The molecule has 1 atom stereocenters. The van der Waals surface area contributed by atoms with Gasteiger partial charge in [-0.05, 0) is 42.5 Å². The second-order valence-corrected chi connectivity index (χ2v) is 15.4. The van der Waals surface area contributed by atoms with Crippen molar-refractivity contribution in [3.63, 3.8) is 0 Å². The van der Waals surface area contributed by atoms with E-state index in [2.05, 4.69) is 31.3 Å². The highest BCUT2D eigenvalue weighted by Crippen LogP contribution is 2.40. The van der Waals surface area contributed by atoms with Crippen molar-refractivity contribution in [2.24, 2.45) is 9.98 Å². The fourth-order valence-electron chi connectivity index (χ4n) is 5.20. The Morgan fingerprint density at radius 1 is 0.706 bits per heavy atom. The van der Waals surface area contributed by atoms with Crippen LogP contribution in [0.15, 0.2) is 97.5 Å². The zero-order valence-electron chi connectivity index (χ0n) is 25.2. The Kier molecular flexibility index (Phi) is 8.83. The molecular formula is C29H22ClN7O11S3. The molecule has 1 unspecified atom stereocenters. The summed E-state index contributed by atoms with van der Waals surface area (Å²) in [5.74, 6) is -1.81. The Morgan fingerprint density at radius 2 is 1.31 bits per heavy atom. The van der Waals surface area contributed by atoms with E-state index >= 15 is 0 Å². The Bertz CT molecular complexity index is 2600. The first-order chi connectivity index (χ1) is 23.8. The van der Waals surface area contributed by atoms with Gasteiger partial charge < -0.3 is 21.7 Å². The maximum absolute atomic E-state index is 13.6. The van der Waals surface area contributed by atoms with Gasteiger partial charge in [0.2, 0.25) is 11.9 Å². The fourth-order valence-corrected chi connectivity index (χ4v) is 7.22. The number of nitrogens with zero attached hydrogens (tertiary/aromatic N) is 2. The number of nitrogens with one attached hydrogen (secondary N) is 4. The molecule has 18 nitrogen and oxygen atoms in total. The minimum absolute atomic E-state index is 0.0181. The van der Waals surface area contributed by atoms with Crippen LogP contribution in [0.4, 0.5) is 28.4 Å². The van der Waals surface area contributed by atoms with Crippen LogP contribution in [0, 0.1) is 0 Å². The van der Waals surface area contributed by atoms with Crippen LogP contribution < -0.4 is 27.0 Å². The Hall–Kier alpha value is -5.42.